The molecule has 1 N–H and O–H groups in total. The fraction of sp³-hybridized carbons (Fsp3) is 0.158. The van der Waals surface area contributed by atoms with Crippen LogP contribution in [0.25, 0.3) is 10.9 Å². The van der Waals surface area contributed by atoms with Crippen LogP contribution in [0, 0.1) is 0 Å². The second kappa shape index (κ2) is 7.03. The van der Waals surface area contributed by atoms with Crippen LogP contribution >= 0.6 is 0 Å². The SMILES string of the molecule is CCOC(=O)c1ccc(Nc2ccnc3cc(C(F)(F)F)ccc23)cc1. The second-order valence-electron chi connectivity index (χ2n) is 5.51. The third-order valence-electron chi connectivity index (χ3n) is 3.75. The number of alkyl halides is 3. The fourth-order valence-corrected chi connectivity index (χ4v) is 2.49. The van der Waals surface area contributed by atoms with Gasteiger partial charge in [0.25, 0.3) is 0 Å². The Bertz CT molecular complexity index is 938. The standard InChI is InChI=1S/C19H15F3N2O2/c1-2-26-18(25)12-3-6-14(7-4-12)24-16-9-10-23-17-11-13(19(20,21)22)5-8-15(16)17/h3-11H,2H2,1H3,(H,23,24). The smallest absolute Gasteiger partial charge is 0.416 e. The number of hydrogen-bond donors (Lipinski definition) is 1. The van der Waals surface area contributed by atoms with E-state index in [9.17, 15) is 18.0 Å². The molecule has 0 bridgehead atoms. The van der Waals surface area contributed by atoms with Gasteiger partial charge in [-0.15, -0.1) is 0 Å². The highest BCUT2D eigenvalue weighted by Gasteiger charge is 2.30. The number of esters is 1. The van der Waals surface area contributed by atoms with Gasteiger partial charge in [-0.25, -0.2) is 4.79 Å². The lowest BCUT2D eigenvalue weighted by Crippen LogP contribution is -2.05. The molecule has 26 heavy (non-hydrogen) atoms. The van der Waals surface area contributed by atoms with Crippen molar-refractivity contribution in [3.8, 4) is 0 Å². The molecule has 1 heterocycles. The predicted octanol–water partition coefficient (Wildman–Crippen LogP) is 5.17. The van der Waals surface area contributed by atoms with Crippen LogP contribution in [0.2, 0.25) is 0 Å². The summed E-state index contributed by atoms with van der Waals surface area (Å²) in [7, 11) is 0. The zero-order valence-electron chi connectivity index (χ0n) is 13.8. The van der Waals surface area contributed by atoms with Crippen LogP contribution in [0.5, 0.6) is 0 Å². The Morgan fingerprint density at radius 2 is 1.85 bits per heavy atom. The first-order chi connectivity index (χ1) is 12.4. The van der Waals surface area contributed by atoms with Gasteiger partial charge in [0.1, 0.15) is 0 Å². The minimum atomic E-state index is -4.41. The first kappa shape index (κ1) is 17.7. The first-order valence-electron chi connectivity index (χ1n) is 7.88. The van der Waals surface area contributed by atoms with Crippen molar-refractivity contribution in [1.82, 2.24) is 4.98 Å². The lowest BCUT2D eigenvalue weighted by atomic mass is 10.1. The molecule has 0 spiro atoms. The Kier molecular flexibility index (Phi) is 4.79. The van der Waals surface area contributed by atoms with Gasteiger partial charge in [-0.1, -0.05) is 6.07 Å². The zero-order valence-corrected chi connectivity index (χ0v) is 13.8. The molecule has 134 valence electrons. The Morgan fingerprint density at radius 3 is 2.50 bits per heavy atom. The molecule has 0 amide bonds. The quantitative estimate of drug-likeness (QED) is 0.652. The summed E-state index contributed by atoms with van der Waals surface area (Å²) in [6.07, 6.45) is -2.97. The summed E-state index contributed by atoms with van der Waals surface area (Å²) in [6.45, 7) is 2.02. The average molecular weight is 360 g/mol. The number of anilines is 2. The van der Waals surface area contributed by atoms with Gasteiger partial charge in [0.05, 0.1) is 23.3 Å². The molecule has 0 saturated heterocycles. The van der Waals surface area contributed by atoms with Crippen LogP contribution in [0.1, 0.15) is 22.8 Å². The molecule has 7 heteroatoms. The number of ether oxygens (including phenoxy) is 1. The van der Waals surface area contributed by atoms with Gasteiger partial charge < -0.3 is 10.1 Å². The van der Waals surface area contributed by atoms with Crippen molar-refractivity contribution in [2.24, 2.45) is 0 Å². The molecule has 1 aromatic heterocycles. The van der Waals surface area contributed by atoms with Gasteiger partial charge in [-0.2, -0.15) is 13.2 Å². The van der Waals surface area contributed by atoms with Crippen molar-refractivity contribution in [1.29, 1.82) is 0 Å². The first-order valence-corrected chi connectivity index (χ1v) is 7.88. The summed E-state index contributed by atoms with van der Waals surface area (Å²) in [6, 6.07) is 11.7. The number of nitrogens with zero attached hydrogens (tertiary/aromatic N) is 1. The number of carbonyl (C=O) groups excluding carboxylic acids is 1. The van der Waals surface area contributed by atoms with E-state index in [-0.39, 0.29) is 5.52 Å². The van der Waals surface area contributed by atoms with Crippen molar-refractivity contribution in [2.45, 2.75) is 13.1 Å². The molecule has 0 aliphatic carbocycles. The van der Waals surface area contributed by atoms with Crippen molar-refractivity contribution >= 4 is 28.2 Å². The highest BCUT2D eigenvalue weighted by Crippen LogP contribution is 2.33. The molecule has 0 fully saturated rings. The van der Waals surface area contributed by atoms with Crippen molar-refractivity contribution in [3.05, 3.63) is 65.9 Å². The minimum Gasteiger partial charge on any atom is -0.462 e. The molecule has 0 aliphatic heterocycles. The maximum atomic E-state index is 12.8. The van der Waals surface area contributed by atoms with Gasteiger partial charge in [-0.3, -0.25) is 4.98 Å². The molecule has 0 unspecified atom stereocenters. The van der Waals surface area contributed by atoms with Crippen molar-refractivity contribution in [3.63, 3.8) is 0 Å². The number of halogens is 3. The van der Waals surface area contributed by atoms with Gasteiger partial charge in [-0.05, 0) is 49.4 Å². The van der Waals surface area contributed by atoms with Crippen molar-refractivity contribution < 1.29 is 22.7 Å². The number of nitrogens with one attached hydrogen (secondary N) is 1. The average Bonchev–Trinajstić information content (AvgIpc) is 2.61. The summed E-state index contributed by atoms with van der Waals surface area (Å²) < 4.78 is 43.4. The number of carbonyl (C=O) groups is 1. The number of benzene rings is 2. The van der Waals surface area contributed by atoms with Gasteiger partial charge >= 0.3 is 12.1 Å². The normalized spacial score (nSPS) is 11.4. The van der Waals surface area contributed by atoms with E-state index in [1.807, 2.05) is 0 Å². The lowest BCUT2D eigenvalue weighted by molar-refractivity contribution is -0.137. The molecule has 0 saturated carbocycles. The topological polar surface area (TPSA) is 51.2 Å². The van der Waals surface area contributed by atoms with Gasteiger partial charge in [0, 0.05) is 23.0 Å². The summed E-state index contributed by atoms with van der Waals surface area (Å²) in [5.41, 5.74) is 1.23. The molecule has 3 rings (SSSR count). The van der Waals surface area contributed by atoms with Crippen LogP contribution in [-0.2, 0) is 10.9 Å². The Labute approximate surface area is 147 Å². The molecule has 0 atom stereocenters. The molecular formula is C19H15F3N2O2. The fourth-order valence-electron chi connectivity index (χ4n) is 2.49. The number of fused-ring (bicyclic) bond motifs is 1. The number of pyridine rings is 1. The van der Waals surface area contributed by atoms with Crippen molar-refractivity contribution in [2.75, 3.05) is 11.9 Å². The summed E-state index contributed by atoms with van der Waals surface area (Å²) >= 11 is 0. The van der Waals surface area contributed by atoms with Crippen LogP contribution in [0.15, 0.2) is 54.7 Å². The van der Waals surface area contributed by atoms with Crippen LogP contribution < -0.4 is 5.32 Å². The maximum Gasteiger partial charge on any atom is 0.416 e. The third kappa shape index (κ3) is 3.77. The molecule has 3 aromatic rings. The van der Waals surface area contributed by atoms with E-state index in [0.29, 0.717) is 28.9 Å². The lowest BCUT2D eigenvalue weighted by Gasteiger charge is -2.12. The second-order valence-corrected chi connectivity index (χ2v) is 5.51. The number of rotatable bonds is 4. The summed E-state index contributed by atoms with van der Waals surface area (Å²) in [5, 5.41) is 3.69. The summed E-state index contributed by atoms with van der Waals surface area (Å²) in [5.74, 6) is -0.409. The van der Waals surface area contributed by atoms with Gasteiger partial charge in [0.15, 0.2) is 0 Å². The van der Waals surface area contributed by atoms with E-state index in [1.165, 1.54) is 12.3 Å². The molecule has 2 aromatic carbocycles. The van der Waals surface area contributed by atoms with Crippen LogP contribution in [0.3, 0.4) is 0 Å². The number of hydrogen-bond acceptors (Lipinski definition) is 4. The monoisotopic (exact) mass is 360 g/mol. The van der Waals surface area contributed by atoms with E-state index in [1.54, 1.807) is 37.3 Å². The Hall–Kier alpha value is -3.09. The maximum absolute atomic E-state index is 12.8. The predicted molar refractivity (Wildman–Crippen MR) is 92.4 cm³/mol. The molecule has 0 radical (unpaired) electrons. The highest BCUT2D eigenvalue weighted by atomic mass is 19.4. The number of aromatic nitrogens is 1. The van der Waals surface area contributed by atoms with E-state index in [0.717, 1.165) is 12.1 Å². The molecular weight excluding hydrogens is 345 g/mol. The van der Waals surface area contributed by atoms with Crippen LogP contribution in [0.4, 0.5) is 24.5 Å². The largest absolute Gasteiger partial charge is 0.462 e. The molecule has 0 aliphatic rings. The van der Waals surface area contributed by atoms with Crippen LogP contribution in [-0.4, -0.2) is 17.6 Å². The minimum absolute atomic E-state index is 0.243. The Morgan fingerprint density at radius 1 is 1.12 bits per heavy atom. The molecule has 4 nitrogen and oxygen atoms in total. The van der Waals surface area contributed by atoms with E-state index < -0.39 is 17.7 Å². The summed E-state index contributed by atoms with van der Waals surface area (Å²) in [4.78, 5) is 15.7. The third-order valence-corrected chi connectivity index (χ3v) is 3.75. The van der Waals surface area contributed by atoms with Gasteiger partial charge in [0.2, 0.25) is 0 Å². The van der Waals surface area contributed by atoms with E-state index in [4.69, 9.17) is 4.74 Å². The Balaban J connectivity index is 1.88. The van der Waals surface area contributed by atoms with E-state index >= 15 is 0 Å². The zero-order chi connectivity index (χ0) is 18.7. The van der Waals surface area contributed by atoms with E-state index in [2.05, 4.69) is 10.3 Å². The highest BCUT2D eigenvalue weighted by molar-refractivity contribution is 5.94.